The molecule has 2 N–H and O–H groups in total. The summed E-state index contributed by atoms with van der Waals surface area (Å²) in [7, 11) is 2.15. The lowest BCUT2D eigenvalue weighted by molar-refractivity contribution is 0.337. The summed E-state index contributed by atoms with van der Waals surface area (Å²) in [5.41, 5.74) is -0.0510. The molecule has 1 heterocycles. The molecule has 2 aliphatic carbocycles. The lowest BCUT2D eigenvalue weighted by atomic mass is 10.4. The van der Waals surface area contributed by atoms with Gasteiger partial charge in [0.15, 0.2) is 0 Å². The Morgan fingerprint density at radius 3 is 2.89 bits per heavy atom. The van der Waals surface area contributed by atoms with Gasteiger partial charge in [-0.3, -0.25) is 4.79 Å². The Morgan fingerprint density at radius 2 is 2.22 bits per heavy atom. The Labute approximate surface area is 107 Å². The topological polar surface area (TPSA) is 61.0 Å². The van der Waals surface area contributed by atoms with Gasteiger partial charge in [-0.2, -0.15) is 0 Å². The molecule has 0 bridgehead atoms. The highest BCUT2D eigenvalue weighted by Gasteiger charge is 2.27. The predicted molar refractivity (Wildman–Crippen MR) is 71.0 cm³/mol. The maximum Gasteiger partial charge on any atom is 0.252 e. The van der Waals surface area contributed by atoms with Crippen molar-refractivity contribution in [3.8, 4) is 0 Å². The van der Waals surface area contributed by atoms with Crippen molar-refractivity contribution in [2.24, 2.45) is 0 Å². The van der Waals surface area contributed by atoms with Crippen LogP contribution >= 0.6 is 0 Å². The number of nitrogens with one attached hydrogen (secondary N) is 2. The van der Waals surface area contributed by atoms with Gasteiger partial charge in [0, 0.05) is 31.1 Å². The molecule has 98 valence electrons. The molecule has 5 heteroatoms. The maximum atomic E-state index is 11.5. The Bertz CT molecular complexity index is 476. The molecule has 2 saturated carbocycles. The van der Waals surface area contributed by atoms with Crippen LogP contribution in [0.2, 0.25) is 0 Å². The van der Waals surface area contributed by atoms with E-state index in [-0.39, 0.29) is 5.56 Å². The van der Waals surface area contributed by atoms with Crippen molar-refractivity contribution in [2.75, 3.05) is 25.5 Å². The largest absolute Gasteiger partial charge is 0.369 e. The molecule has 1 aromatic heterocycles. The van der Waals surface area contributed by atoms with Gasteiger partial charge >= 0.3 is 0 Å². The minimum atomic E-state index is -0.0510. The summed E-state index contributed by atoms with van der Waals surface area (Å²) >= 11 is 0. The van der Waals surface area contributed by atoms with Crippen LogP contribution in [0.25, 0.3) is 0 Å². The quantitative estimate of drug-likeness (QED) is 0.793. The third-order valence-electron chi connectivity index (χ3n) is 3.66. The van der Waals surface area contributed by atoms with Crippen LogP contribution in [0.3, 0.4) is 0 Å². The van der Waals surface area contributed by atoms with Gasteiger partial charge in [0.05, 0.1) is 0 Å². The molecular weight excluding hydrogens is 228 g/mol. The first-order chi connectivity index (χ1) is 8.72. The van der Waals surface area contributed by atoms with Crippen molar-refractivity contribution >= 4 is 5.82 Å². The van der Waals surface area contributed by atoms with Crippen LogP contribution in [0.15, 0.2) is 10.9 Å². The first-order valence-corrected chi connectivity index (χ1v) is 6.78. The van der Waals surface area contributed by atoms with Gasteiger partial charge in [-0.25, -0.2) is 4.98 Å². The number of hydrogen-bond acceptors (Lipinski definition) is 4. The first kappa shape index (κ1) is 11.7. The van der Waals surface area contributed by atoms with Gasteiger partial charge in [-0.1, -0.05) is 0 Å². The summed E-state index contributed by atoms with van der Waals surface area (Å²) in [6.07, 6.45) is 4.95. The van der Waals surface area contributed by atoms with Gasteiger partial charge in [0.25, 0.3) is 5.56 Å². The molecule has 1 aromatic rings. The second-order valence-corrected chi connectivity index (χ2v) is 5.43. The normalized spacial score (nSPS) is 19.2. The second-order valence-electron chi connectivity index (χ2n) is 5.43. The molecule has 5 nitrogen and oxygen atoms in total. The molecule has 3 rings (SSSR count). The maximum absolute atomic E-state index is 11.5. The number of aromatic nitrogens is 2. The van der Waals surface area contributed by atoms with Crippen LogP contribution in [0, 0.1) is 0 Å². The summed E-state index contributed by atoms with van der Waals surface area (Å²) in [6.45, 7) is 1.84. The molecule has 0 unspecified atom stereocenters. The molecule has 0 atom stereocenters. The fraction of sp³-hybridized carbons (Fsp3) is 0.692. The molecular formula is C13H20N4O. The summed E-state index contributed by atoms with van der Waals surface area (Å²) in [5.74, 6) is 2.04. The average Bonchev–Trinajstić information content (AvgIpc) is 3.17. The highest BCUT2D eigenvalue weighted by molar-refractivity contribution is 5.33. The molecule has 0 aromatic carbocycles. The molecule has 0 amide bonds. The molecule has 0 saturated heterocycles. The zero-order chi connectivity index (χ0) is 12.5. The number of nitrogens with zero attached hydrogens (tertiary/aromatic N) is 2. The third kappa shape index (κ3) is 2.90. The summed E-state index contributed by atoms with van der Waals surface area (Å²) < 4.78 is 0. The zero-order valence-corrected chi connectivity index (χ0v) is 10.8. The monoisotopic (exact) mass is 248 g/mol. The van der Waals surface area contributed by atoms with E-state index < -0.39 is 0 Å². The van der Waals surface area contributed by atoms with E-state index in [1.807, 2.05) is 0 Å². The van der Waals surface area contributed by atoms with E-state index in [0.29, 0.717) is 11.7 Å². The van der Waals surface area contributed by atoms with Crippen molar-refractivity contribution in [3.63, 3.8) is 0 Å². The Balaban J connectivity index is 1.56. The van der Waals surface area contributed by atoms with E-state index in [9.17, 15) is 4.79 Å². The molecule has 0 radical (unpaired) electrons. The van der Waals surface area contributed by atoms with Crippen molar-refractivity contribution in [1.29, 1.82) is 0 Å². The number of anilines is 1. The predicted octanol–water partition coefficient (Wildman–Crippen LogP) is 1.15. The van der Waals surface area contributed by atoms with Crippen LogP contribution in [0.5, 0.6) is 0 Å². The standard InChI is InChI=1S/C13H20N4O/c1-17(10-4-5-10)7-6-14-11-8-12(18)16-13(15-11)9-2-3-9/h8-10H,2-7H2,1H3,(H2,14,15,16,18). The summed E-state index contributed by atoms with van der Waals surface area (Å²) in [5, 5.41) is 3.25. The fourth-order valence-electron chi connectivity index (χ4n) is 2.18. The Hall–Kier alpha value is -1.36. The Morgan fingerprint density at radius 1 is 1.44 bits per heavy atom. The number of H-pyrrole nitrogens is 1. The number of rotatable bonds is 6. The molecule has 2 aliphatic rings. The van der Waals surface area contributed by atoms with Gasteiger partial charge in [-0.15, -0.1) is 0 Å². The highest BCUT2D eigenvalue weighted by atomic mass is 16.1. The van der Waals surface area contributed by atoms with E-state index in [0.717, 1.165) is 37.8 Å². The SMILES string of the molecule is CN(CCNc1cc(=O)[nH]c(C2CC2)n1)C1CC1. The molecule has 0 spiro atoms. The highest BCUT2D eigenvalue weighted by Crippen LogP contribution is 2.37. The van der Waals surface area contributed by atoms with Gasteiger partial charge in [0.1, 0.15) is 11.6 Å². The van der Waals surface area contributed by atoms with E-state index in [1.54, 1.807) is 6.07 Å². The minimum Gasteiger partial charge on any atom is -0.369 e. The fourth-order valence-corrected chi connectivity index (χ4v) is 2.18. The van der Waals surface area contributed by atoms with Crippen molar-refractivity contribution in [1.82, 2.24) is 14.9 Å². The van der Waals surface area contributed by atoms with Crippen LogP contribution in [0.4, 0.5) is 5.82 Å². The van der Waals surface area contributed by atoms with Crippen molar-refractivity contribution in [2.45, 2.75) is 37.6 Å². The van der Waals surface area contributed by atoms with E-state index in [4.69, 9.17) is 0 Å². The van der Waals surface area contributed by atoms with Crippen molar-refractivity contribution < 1.29 is 0 Å². The number of likely N-dealkylation sites (N-methyl/N-ethyl adjacent to an activating group) is 1. The third-order valence-corrected chi connectivity index (χ3v) is 3.66. The van der Waals surface area contributed by atoms with E-state index in [2.05, 4.69) is 27.2 Å². The van der Waals surface area contributed by atoms with E-state index in [1.165, 1.54) is 12.8 Å². The first-order valence-electron chi connectivity index (χ1n) is 6.78. The Kier molecular flexibility index (Phi) is 3.07. The van der Waals surface area contributed by atoms with Crippen LogP contribution in [0.1, 0.15) is 37.4 Å². The van der Waals surface area contributed by atoms with Crippen molar-refractivity contribution in [3.05, 3.63) is 22.2 Å². The van der Waals surface area contributed by atoms with Gasteiger partial charge in [-0.05, 0) is 32.7 Å². The molecule has 0 aliphatic heterocycles. The minimum absolute atomic E-state index is 0.0510. The smallest absolute Gasteiger partial charge is 0.252 e. The second kappa shape index (κ2) is 4.72. The zero-order valence-electron chi connectivity index (χ0n) is 10.8. The molecule has 18 heavy (non-hydrogen) atoms. The average molecular weight is 248 g/mol. The van der Waals surface area contributed by atoms with Crippen LogP contribution in [-0.4, -0.2) is 41.0 Å². The molecule has 2 fully saturated rings. The summed E-state index contributed by atoms with van der Waals surface area (Å²) in [4.78, 5) is 21.2. The summed E-state index contributed by atoms with van der Waals surface area (Å²) in [6, 6.07) is 2.32. The number of aromatic amines is 1. The van der Waals surface area contributed by atoms with Crippen LogP contribution < -0.4 is 10.9 Å². The van der Waals surface area contributed by atoms with E-state index >= 15 is 0 Å². The lowest BCUT2D eigenvalue weighted by Crippen LogP contribution is -2.27. The van der Waals surface area contributed by atoms with Gasteiger partial charge < -0.3 is 15.2 Å². The number of hydrogen-bond donors (Lipinski definition) is 2. The lowest BCUT2D eigenvalue weighted by Gasteiger charge is -2.16. The van der Waals surface area contributed by atoms with Gasteiger partial charge in [0.2, 0.25) is 0 Å². The van der Waals surface area contributed by atoms with Crippen LogP contribution in [-0.2, 0) is 0 Å².